The van der Waals surface area contributed by atoms with Gasteiger partial charge in [-0.2, -0.15) is 0 Å². The minimum Gasteiger partial charge on any atom is -0.348 e. The predicted molar refractivity (Wildman–Crippen MR) is 77.9 cm³/mol. The largest absolute Gasteiger partial charge is 0.348 e. The van der Waals surface area contributed by atoms with Gasteiger partial charge in [-0.3, -0.25) is 4.79 Å². The van der Waals surface area contributed by atoms with Crippen LogP contribution in [0.3, 0.4) is 0 Å². The van der Waals surface area contributed by atoms with Gasteiger partial charge >= 0.3 is 0 Å². The van der Waals surface area contributed by atoms with E-state index in [4.69, 9.17) is 17.3 Å². The number of hydrogen-bond donors (Lipinski definition) is 2. The highest BCUT2D eigenvalue weighted by molar-refractivity contribution is 6.30. The smallest absolute Gasteiger partial charge is 0.237 e. The van der Waals surface area contributed by atoms with Gasteiger partial charge in [0, 0.05) is 5.02 Å². The molecular formula is C15H21ClN2O. The molecule has 104 valence electrons. The Morgan fingerprint density at radius 1 is 1.32 bits per heavy atom. The number of rotatable bonds is 4. The lowest BCUT2D eigenvalue weighted by Gasteiger charge is -2.26. The van der Waals surface area contributed by atoms with Crippen molar-refractivity contribution in [1.82, 2.24) is 5.32 Å². The van der Waals surface area contributed by atoms with E-state index in [2.05, 4.69) is 5.32 Å². The van der Waals surface area contributed by atoms with Gasteiger partial charge in [0.15, 0.2) is 0 Å². The summed E-state index contributed by atoms with van der Waals surface area (Å²) in [6.07, 6.45) is 4.80. The van der Waals surface area contributed by atoms with Crippen LogP contribution in [-0.2, 0) is 4.79 Å². The maximum Gasteiger partial charge on any atom is 0.237 e. The number of carbonyl (C=O) groups is 1. The van der Waals surface area contributed by atoms with E-state index in [0.29, 0.717) is 10.9 Å². The predicted octanol–water partition coefficient (Wildman–Crippen LogP) is 3.03. The zero-order valence-corrected chi connectivity index (χ0v) is 12.0. The van der Waals surface area contributed by atoms with Crippen molar-refractivity contribution in [3.8, 4) is 0 Å². The summed E-state index contributed by atoms with van der Waals surface area (Å²) in [6.45, 7) is 1.71. The van der Waals surface area contributed by atoms with Crippen LogP contribution in [0.1, 0.15) is 44.2 Å². The number of carbonyl (C=O) groups excluding carboxylic acids is 1. The molecule has 0 heterocycles. The van der Waals surface area contributed by atoms with E-state index in [1.54, 1.807) is 6.92 Å². The SMILES string of the molecule is C[C@H](N)C(=O)NC(c1ccc(Cl)cc1)C1CCCC1. The van der Waals surface area contributed by atoms with Crippen LogP contribution in [-0.4, -0.2) is 11.9 Å². The van der Waals surface area contributed by atoms with Crippen LogP contribution in [0.5, 0.6) is 0 Å². The molecule has 1 aliphatic carbocycles. The zero-order chi connectivity index (χ0) is 13.8. The van der Waals surface area contributed by atoms with Gasteiger partial charge in [0.1, 0.15) is 0 Å². The average Bonchev–Trinajstić information content (AvgIpc) is 2.90. The van der Waals surface area contributed by atoms with Crippen LogP contribution < -0.4 is 11.1 Å². The number of benzene rings is 1. The molecule has 4 heteroatoms. The second kappa shape index (κ2) is 6.40. The maximum absolute atomic E-state index is 11.9. The topological polar surface area (TPSA) is 55.1 Å². The molecular weight excluding hydrogens is 260 g/mol. The average molecular weight is 281 g/mol. The molecule has 3 nitrogen and oxygen atoms in total. The summed E-state index contributed by atoms with van der Waals surface area (Å²) in [5.41, 5.74) is 6.77. The second-order valence-electron chi connectivity index (χ2n) is 5.37. The van der Waals surface area contributed by atoms with Crippen LogP contribution in [0.25, 0.3) is 0 Å². The molecule has 1 aliphatic rings. The second-order valence-corrected chi connectivity index (χ2v) is 5.81. The molecule has 1 aromatic rings. The molecule has 0 saturated heterocycles. The molecule has 3 N–H and O–H groups in total. The van der Waals surface area contributed by atoms with Gasteiger partial charge in [-0.05, 0) is 43.4 Å². The fourth-order valence-corrected chi connectivity index (χ4v) is 2.84. The molecule has 0 aromatic heterocycles. The summed E-state index contributed by atoms with van der Waals surface area (Å²) in [7, 11) is 0. The van der Waals surface area contributed by atoms with Gasteiger partial charge in [0.2, 0.25) is 5.91 Å². The molecule has 0 spiro atoms. The zero-order valence-electron chi connectivity index (χ0n) is 11.2. The van der Waals surface area contributed by atoms with E-state index in [0.717, 1.165) is 18.4 Å². The number of amides is 1. The summed E-state index contributed by atoms with van der Waals surface area (Å²) < 4.78 is 0. The highest BCUT2D eigenvalue weighted by Gasteiger charge is 2.28. The monoisotopic (exact) mass is 280 g/mol. The Morgan fingerprint density at radius 3 is 2.42 bits per heavy atom. The molecule has 1 amide bonds. The first-order chi connectivity index (χ1) is 9.08. The Kier molecular flexibility index (Phi) is 4.83. The molecule has 0 radical (unpaired) electrons. The number of nitrogens with two attached hydrogens (primary N) is 1. The molecule has 0 bridgehead atoms. The van der Waals surface area contributed by atoms with E-state index in [9.17, 15) is 4.79 Å². The van der Waals surface area contributed by atoms with E-state index < -0.39 is 6.04 Å². The van der Waals surface area contributed by atoms with Gasteiger partial charge in [0.25, 0.3) is 0 Å². The lowest BCUT2D eigenvalue weighted by Crippen LogP contribution is -2.42. The Hall–Kier alpha value is -1.06. The lowest BCUT2D eigenvalue weighted by molar-refractivity contribution is -0.123. The Bertz CT molecular complexity index is 424. The third-order valence-corrected chi connectivity index (χ3v) is 4.06. The first-order valence-corrected chi connectivity index (χ1v) is 7.27. The molecule has 1 aromatic carbocycles. The van der Waals surface area contributed by atoms with Gasteiger partial charge in [-0.25, -0.2) is 0 Å². The summed E-state index contributed by atoms with van der Waals surface area (Å²) in [5.74, 6) is 0.413. The summed E-state index contributed by atoms with van der Waals surface area (Å²) in [6, 6.07) is 7.31. The first kappa shape index (κ1) is 14.4. The van der Waals surface area contributed by atoms with Crippen molar-refractivity contribution in [3.63, 3.8) is 0 Å². The van der Waals surface area contributed by atoms with Gasteiger partial charge in [-0.1, -0.05) is 36.6 Å². The van der Waals surface area contributed by atoms with Crippen molar-refractivity contribution in [2.24, 2.45) is 11.7 Å². The minimum atomic E-state index is -0.476. The van der Waals surface area contributed by atoms with Gasteiger partial charge in [0.05, 0.1) is 12.1 Å². The fourth-order valence-electron chi connectivity index (χ4n) is 2.72. The highest BCUT2D eigenvalue weighted by atomic mass is 35.5. The Labute approximate surface area is 119 Å². The lowest BCUT2D eigenvalue weighted by atomic mass is 9.91. The van der Waals surface area contributed by atoms with Gasteiger partial charge < -0.3 is 11.1 Å². The Balaban J connectivity index is 2.18. The molecule has 2 rings (SSSR count). The fraction of sp³-hybridized carbons (Fsp3) is 0.533. The summed E-state index contributed by atoms with van der Waals surface area (Å²) in [4.78, 5) is 11.9. The van der Waals surface area contributed by atoms with E-state index in [1.165, 1.54) is 12.8 Å². The van der Waals surface area contributed by atoms with Crippen LogP contribution in [0.15, 0.2) is 24.3 Å². The standard InChI is InChI=1S/C15H21ClN2O/c1-10(17)15(19)18-14(11-4-2-3-5-11)12-6-8-13(16)9-7-12/h6-11,14H,2-5,17H2,1H3,(H,18,19)/t10-,14?/m0/s1. The minimum absolute atomic E-state index is 0.0540. The molecule has 1 fully saturated rings. The number of halogens is 1. The van der Waals surface area contributed by atoms with Crippen LogP contribution >= 0.6 is 11.6 Å². The van der Waals surface area contributed by atoms with E-state index in [-0.39, 0.29) is 11.9 Å². The van der Waals surface area contributed by atoms with Crippen molar-refractivity contribution >= 4 is 17.5 Å². The quantitative estimate of drug-likeness (QED) is 0.891. The summed E-state index contributed by atoms with van der Waals surface area (Å²) in [5, 5.41) is 3.80. The van der Waals surface area contributed by atoms with Crippen molar-refractivity contribution < 1.29 is 4.79 Å². The summed E-state index contributed by atoms with van der Waals surface area (Å²) >= 11 is 5.92. The molecule has 2 atom stereocenters. The van der Waals surface area contributed by atoms with Crippen LogP contribution in [0, 0.1) is 5.92 Å². The third kappa shape index (κ3) is 3.71. The van der Waals surface area contributed by atoms with Crippen LogP contribution in [0.2, 0.25) is 5.02 Å². The first-order valence-electron chi connectivity index (χ1n) is 6.89. The molecule has 0 aliphatic heterocycles. The van der Waals surface area contributed by atoms with Crippen molar-refractivity contribution in [2.45, 2.75) is 44.7 Å². The molecule has 1 unspecified atom stereocenters. The molecule has 19 heavy (non-hydrogen) atoms. The maximum atomic E-state index is 11.9. The van der Waals surface area contributed by atoms with Crippen molar-refractivity contribution in [1.29, 1.82) is 0 Å². The van der Waals surface area contributed by atoms with Crippen molar-refractivity contribution in [2.75, 3.05) is 0 Å². The van der Waals surface area contributed by atoms with E-state index in [1.807, 2.05) is 24.3 Å². The van der Waals surface area contributed by atoms with Crippen LogP contribution in [0.4, 0.5) is 0 Å². The number of hydrogen-bond acceptors (Lipinski definition) is 2. The Morgan fingerprint density at radius 2 is 1.89 bits per heavy atom. The van der Waals surface area contributed by atoms with Crippen molar-refractivity contribution in [3.05, 3.63) is 34.9 Å². The number of nitrogens with one attached hydrogen (secondary N) is 1. The third-order valence-electron chi connectivity index (χ3n) is 3.81. The highest BCUT2D eigenvalue weighted by Crippen LogP contribution is 2.36. The normalized spacial score (nSPS) is 19.1. The van der Waals surface area contributed by atoms with Gasteiger partial charge in [-0.15, -0.1) is 0 Å². The molecule has 1 saturated carbocycles. The van der Waals surface area contributed by atoms with E-state index >= 15 is 0 Å².